The van der Waals surface area contributed by atoms with Crippen molar-refractivity contribution in [1.29, 1.82) is 0 Å². The van der Waals surface area contributed by atoms with Crippen LogP contribution in [-0.2, 0) is 0 Å². The van der Waals surface area contributed by atoms with Gasteiger partial charge in [0.1, 0.15) is 12.5 Å². The van der Waals surface area contributed by atoms with Gasteiger partial charge in [-0.3, -0.25) is 4.90 Å². The van der Waals surface area contributed by atoms with Crippen LogP contribution in [0.15, 0.2) is 73.2 Å². The molecule has 0 amide bonds. The van der Waals surface area contributed by atoms with Crippen LogP contribution in [0.25, 0.3) is 0 Å². The van der Waals surface area contributed by atoms with Gasteiger partial charge in [0.05, 0.1) is 5.54 Å². The van der Waals surface area contributed by atoms with Crippen LogP contribution in [0.4, 0.5) is 0 Å². The lowest BCUT2D eigenvalue weighted by molar-refractivity contribution is -0.0286. The third kappa shape index (κ3) is 7.33. The van der Waals surface area contributed by atoms with Gasteiger partial charge in [-0.05, 0) is 32.2 Å². The van der Waals surface area contributed by atoms with Gasteiger partial charge in [0.15, 0.2) is 0 Å². The lowest BCUT2D eigenvalue weighted by Crippen LogP contribution is -2.61. The Balaban J connectivity index is 1.91. The van der Waals surface area contributed by atoms with Crippen molar-refractivity contribution in [2.45, 2.75) is 38.3 Å². The van der Waals surface area contributed by atoms with Crippen molar-refractivity contribution in [1.82, 2.24) is 20.9 Å². The van der Waals surface area contributed by atoms with Crippen LogP contribution in [0, 0.1) is 5.92 Å². The van der Waals surface area contributed by atoms with Crippen molar-refractivity contribution in [2.24, 2.45) is 5.92 Å². The van der Waals surface area contributed by atoms with E-state index < -0.39 is 12.5 Å². The molecule has 0 saturated carbocycles. The van der Waals surface area contributed by atoms with E-state index in [1.54, 1.807) is 12.3 Å². The molecule has 1 fully saturated rings. The molecule has 0 aromatic heterocycles. The van der Waals surface area contributed by atoms with Crippen LogP contribution >= 0.6 is 0 Å². The summed E-state index contributed by atoms with van der Waals surface area (Å²) in [6, 6.07) is 0. The second-order valence-corrected chi connectivity index (χ2v) is 7.82. The Bertz CT molecular complexity index is 658. The largest absolute Gasteiger partial charge is 0.373 e. The molecule has 1 saturated heterocycles. The highest BCUT2D eigenvalue weighted by Crippen LogP contribution is 2.20. The molecule has 0 aromatic carbocycles. The second kappa shape index (κ2) is 11.8. The molecule has 0 bridgehead atoms. The number of hydrogen-bond donors (Lipinski definition) is 5. The van der Waals surface area contributed by atoms with E-state index in [0.717, 1.165) is 31.9 Å². The molecule has 2 rings (SSSR count). The number of hydrogen-bond acceptors (Lipinski definition) is 6. The van der Waals surface area contributed by atoms with Crippen LogP contribution in [0.3, 0.4) is 0 Å². The zero-order chi connectivity index (χ0) is 21.1. The molecule has 1 heterocycles. The highest BCUT2D eigenvalue weighted by molar-refractivity contribution is 5.21. The van der Waals surface area contributed by atoms with Gasteiger partial charge in [-0.2, -0.15) is 0 Å². The van der Waals surface area contributed by atoms with E-state index in [1.807, 2.05) is 48.6 Å². The molecule has 2 aliphatic rings. The maximum absolute atomic E-state index is 10.8. The lowest BCUT2D eigenvalue weighted by Gasteiger charge is -2.44. The van der Waals surface area contributed by atoms with Gasteiger partial charge >= 0.3 is 0 Å². The molecule has 6 nitrogen and oxygen atoms in total. The number of nitrogens with one attached hydrogen (secondary N) is 3. The fraction of sp³-hybridized carbons (Fsp3) is 0.478. The highest BCUT2D eigenvalue weighted by atomic mass is 16.3. The van der Waals surface area contributed by atoms with Gasteiger partial charge in [0.25, 0.3) is 0 Å². The fourth-order valence-electron chi connectivity index (χ4n) is 3.33. The molecule has 1 aliphatic carbocycles. The van der Waals surface area contributed by atoms with E-state index in [2.05, 4.69) is 41.3 Å². The van der Waals surface area contributed by atoms with Gasteiger partial charge in [-0.15, -0.1) is 0 Å². The van der Waals surface area contributed by atoms with Crippen molar-refractivity contribution in [3.05, 3.63) is 73.2 Å². The Labute approximate surface area is 175 Å². The van der Waals surface area contributed by atoms with Crippen molar-refractivity contribution in [3.8, 4) is 0 Å². The fourth-order valence-corrected chi connectivity index (χ4v) is 3.33. The van der Waals surface area contributed by atoms with E-state index in [-0.39, 0.29) is 11.5 Å². The normalized spacial score (nSPS) is 26.3. The van der Waals surface area contributed by atoms with E-state index in [4.69, 9.17) is 0 Å². The SMILES string of the molecule is C=C/C=C\C=C\NC(O)C1C=C/C=C(/NC(O)C(C)(C)N2CCNCC2)C/C=C\1. The van der Waals surface area contributed by atoms with Gasteiger partial charge in [-0.1, -0.05) is 49.1 Å². The summed E-state index contributed by atoms with van der Waals surface area (Å²) in [7, 11) is 0. The Morgan fingerprint density at radius 1 is 1.21 bits per heavy atom. The first-order valence-corrected chi connectivity index (χ1v) is 10.3. The van der Waals surface area contributed by atoms with Crippen molar-refractivity contribution < 1.29 is 10.2 Å². The van der Waals surface area contributed by atoms with Crippen LogP contribution in [0.2, 0.25) is 0 Å². The maximum Gasteiger partial charge on any atom is 0.142 e. The Kier molecular flexibility index (Phi) is 9.41. The van der Waals surface area contributed by atoms with Crippen molar-refractivity contribution in [3.63, 3.8) is 0 Å². The summed E-state index contributed by atoms with van der Waals surface area (Å²) < 4.78 is 0. The first-order valence-electron chi connectivity index (χ1n) is 10.3. The zero-order valence-corrected chi connectivity index (χ0v) is 17.6. The summed E-state index contributed by atoms with van der Waals surface area (Å²) >= 11 is 0. The minimum Gasteiger partial charge on any atom is -0.373 e. The quantitative estimate of drug-likeness (QED) is 0.231. The maximum atomic E-state index is 10.8. The van der Waals surface area contributed by atoms with Gasteiger partial charge in [-0.25, -0.2) is 0 Å². The van der Waals surface area contributed by atoms with Crippen LogP contribution in [0.1, 0.15) is 20.3 Å². The molecule has 3 atom stereocenters. The average Bonchev–Trinajstić information content (AvgIpc) is 2.70. The molecule has 6 heteroatoms. The minimum atomic E-state index is -0.712. The topological polar surface area (TPSA) is 79.8 Å². The monoisotopic (exact) mass is 400 g/mol. The molecular formula is C23H36N4O2. The molecule has 0 radical (unpaired) electrons. The first kappa shape index (κ1) is 23.2. The smallest absolute Gasteiger partial charge is 0.142 e. The average molecular weight is 401 g/mol. The van der Waals surface area contributed by atoms with Crippen molar-refractivity contribution in [2.75, 3.05) is 26.2 Å². The molecule has 29 heavy (non-hydrogen) atoms. The molecule has 5 N–H and O–H groups in total. The molecule has 0 spiro atoms. The summed E-state index contributed by atoms with van der Waals surface area (Å²) in [5.74, 6) is -0.136. The van der Waals surface area contributed by atoms with Gasteiger partial charge < -0.3 is 26.2 Å². The molecule has 0 aromatic rings. The first-order chi connectivity index (χ1) is 13.9. The Morgan fingerprint density at radius 3 is 2.69 bits per heavy atom. The van der Waals surface area contributed by atoms with E-state index >= 15 is 0 Å². The van der Waals surface area contributed by atoms with E-state index in [9.17, 15) is 10.2 Å². The van der Waals surface area contributed by atoms with Crippen LogP contribution < -0.4 is 16.0 Å². The predicted octanol–water partition coefficient (Wildman–Crippen LogP) is 1.76. The number of piperazine rings is 1. The third-order valence-electron chi connectivity index (χ3n) is 5.34. The number of nitrogens with zero attached hydrogens (tertiary/aromatic N) is 1. The molecule has 3 unspecified atom stereocenters. The van der Waals surface area contributed by atoms with Crippen LogP contribution in [-0.4, -0.2) is 59.3 Å². The second-order valence-electron chi connectivity index (χ2n) is 7.82. The Morgan fingerprint density at radius 2 is 1.97 bits per heavy atom. The summed E-state index contributed by atoms with van der Waals surface area (Å²) in [4.78, 5) is 2.31. The predicted molar refractivity (Wildman–Crippen MR) is 120 cm³/mol. The summed E-state index contributed by atoms with van der Waals surface area (Å²) in [6.45, 7) is 11.5. The molecular weight excluding hydrogens is 364 g/mol. The molecule has 160 valence electrons. The van der Waals surface area contributed by atoms with Crippen molar-refractivity contribution >= 4 is 0 Å². The standard InChI is InChI=1S/C23H36N4O2/c1-4-5-6-7-14-25-21(28)19-10-8-12-20(13-9-11-19)26-22(29)23(2,3)27-17-15-24-16-18-27/h4-12,14,19,21-22,24-26,28-29H,1,13,15-18H2,2-3H3/b6-5-,10-8?,11-9-,14-7+,20-12+. The summed E-state index contributed by atoms with van der Waals surface area (Å²) in [6.07, 6.45) is 18.0. The summed E-state index contributed by atoms with van der Waals surface area (Å²) in [5, 5.41) is 30.7. The zero-order valence-electron chi connectivity index (χ0n) is 17.6. The van der Waals surface area contributed by atoms with Gasteiger partial charge in [0, 0.05) is 44.2 Å². The molecule has 1 aliphatic heterocycles. The van der Waals surface area contributed by atoms with E-state index in [0.29, 0.717) is 6.42 Å². The van der Waals surface area contributed by atoms with Crippen LogP contribution in [0.5, 0.6) is 0 Å². The summed E-state index contributed by atoms with van der Waals surface area (Å²) in [5.41, 5.74) is 0.580. The lowest BCUT2D eigenvalue weighted by atomic mass is 9.98. The van der Waals surface area contributed by atoms with Gasteiger partial charge in [0.2, 0.25) is 0 Å². The van der Waals surface area contributed by atoms with E-state index in [1.165, 1.54) is 0 Å². The highest BCUT2D eigenvalue weighted by Gasteiger charge is 2.35. The number of aliphatic hydroxyl groups is 2. The third-order valence-corrected chi connectivity index (χ3v) is 5.34. The number of rotatable bonds is 9. The number of aliphatic hydroxyl groups excluding tert-OH is 2. The number of allylic oxidation sites excluding steroid dienone is 7. The Hall–Kier alpha value is -2.12. The minimum absolute atomic E-state index is 0.136.